The Morgan fingerprint density at radius 1 is 0.921 bits per heavy atom. The van der Waals surface area contributed by atoms with Crippen LogP contribution in [0.15, 0.2) is 60.7 Å². The Balaban J connectivity index is 1.51. The van der Waals surface area contributed by atoms with E-state index < -0.39 is 23.8 Å². The number of carboxylic acid groups (broad SMARTS) is 2. The molecular weight excluding hydrogens is 490 g/mol. The molecule has 0 fully saturated rings. The predicted octanol–water partition coefficient (Wildman–Crippen LogP) is 3.57. The fourth-order valence-electron chi connectivity index (χ4n) is 4.20. The van der Waals surface area contributed by atoms with Gasteiger partial charge < -0.3 is 34.8 Å². The summed E-state index contributed by atoms with van der Waals surface area (Å²) in [5.41, 5.74) is 4.24. The van der Waals surface area contributed by atoms with E-state index in [2.05, 4.69) is 5.32 Å². The lowest BCUT2D eigenvalue weighted by molar-refractivity contribution is -0.194. The maximum atomic E-state index is 11.8. The molecule has 3 aromatic rings. The van der Waals surface area contributed by atoms with Gasteiger partial charge in [-0.1, -0.05) is 53.6 Å². The third-order valence-electron chi connectivity index (χ3n) is 6.30. The molecule has 0 spiro atoms. The van der Waals surface area contributed by atoms with Crippen molar-refractivity contribution in [2.75, 3.05) is 13.2 Å². The van der Waals surface area contributed by atoms with E-state index in [0.29, 0.717) is 24.3 Å². The SMILES string of the molecule is Cc1ccc(OCC(O)CNC(C)Cc2ccc3c(c2-c2ccc(C)cc2)OC(C(=O)O)(C(=O)O)O3)cc1. The first-order valence-corrected chi connectivity index (χ1v) is 12.3. The molecule has 1 heterocycles. The third-order valence-corrected chi connectivity index (χ3v) is 6.30. The van der Waals surface area contributed by atoms with Gasteiger partial charge in [0.25, 0.3) is 0 Å². The molecule has 0 aromatic heterocycles. The molecule has 0 bridgehead atoms. The zero-order chi connectivity index (χ0) is 27.4. The number of aliphatic carboxylic acids is 2. The first kappa shape index (κ1) is 27.0. The molecule has 1 aliphatic heterocycles. The number of benzene rings is 3. The van der Waals surface area contributed by atoms with E-state index >= 15 is 0 Å². The molecule has 9 nitrogen and oxygen atoms in total. The van der Waals surface area contributed by atoms with Crippen LogP contribution in [0.5, 0.6) is 17.2 Å². The van der Waals surface area contributed by atoms with E-state index in [4.69, 9.17) is 14.2 Å². The lowest BCUT2D eigenvalue weighted by atomic mass is 9.93. The Kier molecular flexibility index (Phi) is 7.89. The number of carbonyl (C=O) groups is 2. The molecule has 38 heavy (non-hydrogen) atoms. The number of nitrogens with one attached hydrogen (secondary N) is 1. The minimum Gasteiger partial charge on any atom is -0.491 e. The van der Waals surface area contributed by atoms with Crippen molar-refractivity contribution in [3.05, 3.63) is 77.4 Å². The Labute approximate surface area is 220 Å². The summed E-state index contributed by atoms with van der Waals surface area (Å²) in [5.74, 6) is -5.58. The topological polar surface area (TPSA) is 135 Å². The summed E-state index contributed by atoms with van der Waals surface area (Å²) in [4.78, 5) is 23.6. The molecule has 0 radical (unpaired) electrons. The van der Waals surface area contributed by atoms with Crippen LogP contribution in [0, 0.1) is 13.8 Å². The monoisotopic (exact) mass is 521 g/mol. The normalized spacial score (nSPS) is 15.1. The molecule has 1 aliphatic rings. The van der Waals surface area contributed by atoms with Crippen molar-refractivity contribution in [3.63, 3.8) is 0 Å². The second-order valence-electron chi connectivity index (χ2n) is 9.52. The van der Waals surface area contributed by atoms with Crippen molar-refractivity contribution in [2.45, 2.75) is 45.1 Å². The van der Waals surface area contributed by atoms with Gasteiger partial charge in [0.15, 0.2) is 11.5 Å². The molecule has 3 aromatic carbocycles. The van der Waals surface area contributed by atoms with E-state index in [-0.39, 0.29) is 24.1 Å². The maximum Gasteiger partial charge on any atom is 0.453 e. The van der Waals surface area contributed by atoms with Crippen molar-refractivity contribution >= 4 is 11.9 Å². The molecule has 0 amide bonds. The number of aliphatic hydroxyl groups is 1. The third kappa shape index (κ3) is 5.74. The molecule has 4 rings (SSSR count). The van der Waals surface area contributed by atoms with E-state index in [1.54, 1.807) is 6.07 Å². The first-order chi connectivity index (χ1) is 18.1. The average molecular weight is 522 g/mol. The second-order valence-corrected chi connectivity index (χ2v) is 9.52. The van der Waals surface area contributed by atoms with Crippen LogP contribution in [0.25, 0.3) is 11.1 Å². The molecule has 0 saturated carbocycles. The highest BCUT2D eigenvalue weighted by molar-refractivity contribution is 6.02. The van der Waals surface area contributed by atoms with E-state index in [1.165, 1.54) is 6.07 Å². The highest BCUT2D eigenvalue weighted by atomic mass is 16.8. The Morgan fingerprint density at radius 2 is 1.53 bits per heavy atom. The molecule has 200 valence electrons. The van der Waals surface area contributed by atoms with Crippen LogP contribution in [0.2, 0.25) is 0 Å². The molecule has 9 heteroatoms. The summed E-state index contributed by atoms with van der Waals surface area (Å²) in [6, 6.07) is 18.3. The van der Waals surface area contributed by atoms with E-state index in [9.17, 15) is 24.9 Å². The van der Waals surface area contributed by atoms with Crippen LogP contribution in [-0.2, 0) is 16.0 Å². The van der Waals surface area contributed by atoms with Gasteiger partial charge in [0.1, 0.15) is 18.5 Å². The highest BCUT2D eigenvalue weighted by Crippen LogP contribution is 2.48. The van der Waals surface area contributed by atoms with Crippen molar-refractivity contribution in [1.29, 1.82) is 0 Å². The largest absolute Gasteiger partial charge is 0.491 e. The quantitative estimate of drug-likeness (QED) is 0.279. The van der Waals surface area contributed by atoms with Crippen LogP contribution < -0.4 is 19.5 Å². The number of hydrogen-bond donors (Lipinski definition) is 4. The van der Waals surface area contributed by atoms with Crippen LogP contribution >= 0.6 is 0 Å². The predicted molar refractivity (Wildman–Crippen MR) is 140 cm³/mol. The number of hydrogen-bond acceptors (Lipinski definition) is 7. The van der Waals surface area contributed by atoms with Gasteiger partial charge in [0.2, 0.25) is 0 Å². The van der Waals surface area contributed by atoms with Gasteiger partial charge in [-0.05, 0) is 56.5 Å². The van der Waals surface area contributed by atoms with Gasteiger partial charge in [0, 0.05) is 18.2 Å². The fourth-order valence-corrected chi connectivity index (χ4v) is 4.20. The zero-order valence-corrected chi connectivity index (χ0v) is 21.4. The maximum absolute atomic E-state index is 11.8. The number of fused-ring (bicyclic) bond motifs is 1. The van der Waals surface area contributed by atoms with Crippen LogP contribution in [0.1, 0.15) is 23.6 Å². The van der Waals surface area contributed by atoms with Crippen LogP contribution in [0.4, 0.5) is 0 Å². The minimum atomic E-state index is -2.86. The molecule has 0 saturated heterocycles. The summed E-state index contributed by atoms with van der Waals surface area (Å²) in [6.45, 7) is 6.31. The fraction of sp³-hybridized carbons (Fsp3) is 0.310. The smallest absolute Gasteiger partial charge is 0.453 e. The minimum absolute atomic E-state index is 0.0402. The zero-order valence-electron chi connectivity index (χ0n) is 21.4. The van der Waals surface area contributed by atoms with E-state index in [0.717, 1.165) is 22.3 Å². The summed E-state index contributed by atoms with van der Waals surface area (Å²) < 4.78 is 16.5. The Hall–Kier alpha value is -4.08. The molecule has 2 atom stereocenters. The Morgan fingerprint density at radius 3 is 2.13 bits per heavy atom. The number of ether oxygens (including phenoxy) is 3. The number of rotatable bonds is 11. The molecule has 4 N–H and O–H groups in total. The molecule has 2 unspecified atom stereocenters. The molecule has 0 aliphatic carbocycles. The van der Waals surface area contributed by atoms with Crippen molar-refractivity contribution in [2.24, 2.45) is 0 Å². The molecular formula is C29H31NO8. The van der Waals surface area contributed by atoms with Gasteiger partial charge in [0.05, 0.1) is 0 Å². The van der Waals surface area contributed by atoms with Crippen molar-refractivity contribution < 1.29 is 39.1 Å². The Bertz CT molecular complexity index is 1290. The lowest BCUT2D eigenvalue weighted by Gasteiger charge is -2.20. The van der Waals surface area contributed by atoms with Gasteiger partial charge in [-0.2, -0.15) is 0 Å². The number of carboxylic acids is 2. The van der Waals surface area contributed by atoms with Crippen LogP contribution in [-0.4, -0.2) is 58.3 Å². The summed E-state index contributed by atoms with van der Waals surface area (Å²) >= 11 is 0. The number of aryl methyl sites for hydroxylation is 2. The van der Waals surface area contributed by atoms with Crippen LogP contribution in [0.3, 0.4) is 0 Å². The van der Waals surface area contributed by atoms with E-state index in [1.807, 2.05) is 69.3 Å². The first-order valence-electron chi connectivity index (χ1n) is 12.3. The number of aliphatic hydroxyl groups excluding tert-OH is 1. The van der Waals surface area contributed by atoms with Gasteiger partial charge >= 0.3 is 17.7 Å². The highest BCUT2D eigenvalue weighted by Gasteiger charge is 2.58. The summed E-state index contributed by atoms with van der Waals surface area (Å²) in [5, 5.41) is 32.9. The summed E-state index contributed by atoms with van der Waals surface area (Å²) in [7, 11) is 0. The van der Waals surface area contributed by atoms with Crippen molar-refractivity contribution in [3.8, 4) is 28.4 Å². The van der Waals surface area contributed by atoms with Gasteiger partial charge in [-0.25, -0.2) is 9.59 Å². The van der Waals surface area contributed by atoms with Crippen molar-refractivity contribution in [1.82, 2.24) is 5.32 Å². The standard InChI is InChI=1S/C29H31NO8/c1-17-4-8-20(9-5-17)25-21(10-13-24-26(25)38-29(37-24,27(32)33)28(34)35)14-19(3)30-15-22(31)16-36-23-11-6-18(2)7-12-23/h4-13,19,22,30-31H,14-16H2,1-3H3,(H,32,33)(H,34,35). The lowest BCUT2D eigenvalue weighted by Crippen LogP contribution is -2.54. The summed E-state index contributed by atoms with van der Waals surface area (Å²) in [6.07, 6.45) is -0.253. The van der Waals surface area contributed by atoms with Gasteiger partial charge in [-0.15, -0.1) is 0 Å². The average Bonchev–Trinajstić information content (AvgIpc) is 3.29. The second kappa shape index (κ2) is 11.1. The van der Waals surface area contributed by atoms with Gasteiger partial charge in [-0.3, -0.25) is 0 Å².